The summed E-state index contributed by atoms with van der Waals surface area (Å²) in [6.45, 7) is 0.267. The molecule has 1 rings (SSSR count). The van der Waals surface area contributed by atoms with E-state index in [1.165, 1.54) is 12.4 Å². The average molecular weight is 137 g/mol. The van der Waals surface area contributed by atoms with E-state index in [-0.39, 0.29) is 6.61 Å². The fourth-order valence-corrected chi connectivity index (χ4v) is 0.683. The highest BCUT2D eigenvalue weighted by Gasteiger charge is 1.93. The maximum atomic E-state index is 10.6. The van der Waals surface area contributed by atoms with Crippen molar-refractivity contribution in [3.8, 4) is 0 Å². The van der Waals surface area contributed by atoms with E-state index in [1.807, 2.05) is 0 Å². The lowest BCUT2D eigenvalue weighted by molar-refractivity contribution is -0.606. The van der Waals surface area contributed by atoms with Gasteiger partial charge >= 0.3 is 0 Å². The van der Waals surface area contributed by atoms with Gasteiger partial charge in [0, 0.05) is 11.6 Å². The van der Waals surface area contributed by atoms with Gasteiger partial charge in [0.15, 0.2) is 12.4 Å². The average Bonchev–Trinajstić information content (AvgIpc) is 1.88. The summed E-state index contributed by atoms with van der Waals surface area (Å²) < 4.78 is 5.03. The Kier molecular flexibility index (Phi) is 2.23. The van der Waals surface area contributed by atoms with Crippen LogP contribution in [0.15, 0.2) is 24.5 Å². The number of aromatic nitrogens is 1. The van der Waals surface area contributed by atoms with Gasteiger partial charge in [0.25, 0.3) is 0 Å². The van der Waals surface area contributed by atoms with Gasteiger partial charge < -0.3 is 9.94 Å². The van der Waals surface area contributed by atoms with E-state index in [4.69, 9.17) is 7.11 Å². The Balaban J connectivity index is 2.75. The van der Waals surface area contributed by atoms with Crippen LogP contribution in [0.1, 0.15) is 5.56 Å². The first-order chi connectivity index (χ1) is 4.83. The molecule has 1 heterocycles. The Labute approximate surface area is 59.5 Å². The zero-order chi connectivity index (χ0) is 7.40. The van der Waals surface area contributed by atoms with Crippen molar-refractivity contribution in [1.82, 2.24) is 0 Å². The van der Waals surface area contributed by atoms with Crippen molar-refractivity contribution in [2.45, 2.75) is 6.61 Å². The normalized spacial score (nSPS) is 9.70. The first kappa shape index (κ1) is 7.02. The van der Waals surface area contributed by atoms with Crippen LogP contribution >= 0.6 is 0 Å². The molecule has 0 aliphatic heterocycles. The molecule has 0 amide bonds. The lowest BCUT2D eigenvalue weighted by Crippen LogP contribution is -2.24. The Morgan fingerprint density at radius 3 is 3.10 bits per heavy atom. The standard InChI is InChI=1S/C7H7NO2/c1-10-6-7-3-2-4-8(9)5-7/h1-5H,6H2. The topological polar surface area (TPSA) is 36.2 Å². The monoisotopic (exact) mass is 137 g/mol. The molecular weight excluding hydrogens is 130 g/mol. The van der Waals surface area contributed by atoms with Gasteiger partial charge in [0.05, 0.1) is 6.61 Å². The van der Waals surface area contributed by atoms with Gasteiger partial charge in [0.2, 0.25) is 0 Å². The maximum Gasteiger partial charge on any atom is 0.185 e. The van der Waals surface area contributed by atoms with Crippen LogP contribution < -0.4 is 4.73 Å². The van der Waals surface area contributed by atoms with Crippen LogP contribution in [0.5, 0.6) is 0 Å². The molecule has 0 spiro atoms. The summed E-state index contributed by atoms with van der Waals surface area (Å²) >= 11 is 0. The number of rotatable bonds is 2. The number of hydrogen-bond acceptors (Lipinski definition) is 2. The van der Waals surface area contributed by atoms with E-state index >= 15 is 0 Å². The Hall–Kier alpha value is -1.09. The van der Waals surface area contributed by atoms with E-state index in [0.717, 1.165) is 5.56 Å². The van der Waals surface area contributed by atoms with Crippen LogP contribution in [0.2, 0.25) is 0 Å². The van der Waals surface area contributed by atoms with Crippen LogP contribution in [-0.4, -0.2) is 0 Å². The molecular formula is C7H7NO2. The van der Waals surface area contributed by atoms with Gasteiger partial charge in [0.1, 0.15) is 7.11 Å². The second-order valence-corrected chi connectivity index (χ2v) is 1.88. The van der Waals surface area contributed by atoms with Gasteiger partial charge in [-0.3, -0.25) is 0 Å². The predicted octanol–water partition coefficient (Wildman–Crippen LogP) is 0.505. The first-order valence-corrected chi connectivity index (χ1v) is 2.82. The van der Waals surface area contributed by atoms with Crippen molar-refractivity contribution in [1.29, 1.82) is 0 Å². The molecule has 0 saturated carbocycles. The summed E-state index contributed by atoms with van der Waals surface area (Å²) in [6, 6.07) is 3.41. The molecule has 0 aromatic carbocycles. The van der Waals surface area contributed by atoms with E-state index in [0.29, 0.717) is 4.73 Å². The zero-order valence-corrected chi connectivity index (χ0v) is 5.36. The van der Waals surface area contributed by atoms with Crippen molar-refractivity contribution in [2.75, 3.05) is 0 Å². The van der Waals surface area contributed by atoms with Crippen molar-refractivity contribution >= 4 is 0 Å². The summed E-state index contributed by atoms with van der Waals surface area (Å²) in [7, 11) is 4.80. The van der Waals surface area contributed by atoms with Crippen LogP contribution in [-0.2, 0) is 11.3 Å². The Bertz CT molecular complexity index is 213. The summed E-state index contributed by atoms with van der Waals surface area (Å²) in [5, 5.41) is 10.6. The van der Waals surface area contributed by atoms with Crippen LogP contribution in [0, 0.1) is 12.3 Å². The van der Waals surface area contributed by atoms with Gasteiger partial charge in [-0.25, -0.2) is 0 Å². The molecule has 0 bridgehead atoms. The van der Waals surface area contributed by atoms with Crippen molar-refractivity contribution < 1.29 is 9.47 Å². The summed E-state index contributed by atoms with van der Waals surface area (Å²) in [4.78, 5) is 0. The molecule has 3 heteroatoms. The number of ether oxygens (including phenoxy) is 1. The third-order valence-electron chi connectivity index (χ3n) is 1.09. The molecule has 2 radical (unpaired) electrons. The number of pyridine rings is 1. The van der Waals surface area contributed by atoms with E-state index in [1.54, 1.807) is 12.1 Å². The number of nitrogens with zero attached hydrogens (tertiary/aromatic N) is 1. The minimum absolute atomic E-state index is 0.267. The van der Waals surface area contributed by atoms with Crippen molar-refractivity contribution in [2.24, 2.45) is 0 Å². The smallest absolute Gasteiger partial charge is 0.185 e. The highest BCUT2D eigenvalue weighted by Crippen LogP contribution is 1.94. The SMILES string of the molecule is [CH]OCc1ccc[n+]([O-])c1. The second-order valence-electron chi connectivity index (χ2n) is 1.88. The molecule has 52 valence electrons. The van der Waals surface area contributed by atoms with E-state index in [9.17, 15) is 5.21 Å². The van der Waals surface area contributed by atoms with Gasteiger partial charge in [-0.1, -0.05) is 0 Å². The molecule has 0 unspecified atom stereocenters. The molecule has 0 aliphatic rings. The quantitative estimate of drug-likeness (QED) is 0.439. The largest absolute Gasteiger partial charge is 0.619 e. The highest BCUT2D eigenvalue weighted by molar-refractivity contribution is 5.03. The number of hydrogen-bond donors (Lipinski definition) is 0. The predicted molar refractivity (Wildman–Crippen MR) is 34.5 cm³/mol. The van der Waals surface area contributed by atoms with E-state index < -0.39 is 0 Å². The first-order valence-electron chi connectivity index (χ1n) is 2.82. The Morgan fingerprint density at radius 1 is 1.70 bits per heavy atom. The second kappa shape index (κ2) is 3.17. The molecule has 0 N–H and O–H groups in total. The summed E-state index contributed by atoms with van der Waals surface area (Å²) in [6.07, 6.45) is 2.81. The third kappa shape index (κ3) is 1.70. The highest BCUT2D eigenvalue weighted by atomic mass is 16.5. The van der Waals surface area contributed by atoms with Gasteiger partial charge in [-0.15, -0.1) is 0 Å². The minimum Gasteiger partial charge on any atom is -0.619 e. The fraction of sp³-hybridized carbons (Fsp3) is 0.143. The van der Waals surface area contributed by atoms with Gasteiger partial charge in [-0.05, 0) is 6.07 Å². The molecule has 3 nitrogen and oxygen atoms in total. The molecule has 1 aromatic heterocycles. The molecule has 0 atom stereocenters. The fourth-order valence-electron chi connectivity index (χ4n) is 0.683. The molecule has 0 aliphatic carbocycles. The molecule has 10 heavy (non-hydrogen) atoms. The minimum atomic E-state index is 0.267. The molecule has 0 fully saturated rings. The van der Waals surface area contributed by atoms with Crippen molar-refractivity contribution in [3.63, 3.8) is 0 Å². The van der Waals surface area contributed by atoms with Crippen LogP contribution in [0.4, 0.5) is 0 Å². The molecule has 1 aromatic rings. The summed E-state index contributed by atoms with van der Waals surface area (Å²) in [5.41, 5.74) is 0.764. The van der Waals surface area contributed by atoms with Crippen molar-refractivity contribution in [3.05, 3.63) is 42.4 Å². The lowest BCUT2D eigenvalue weighted by Gasteiger charge is -1.97. The molecule has 0 saturated heterocycles. The van der Waals surface area contributed by atoms with Crippen LogP contribution in [0.3, 0.4) is 0 Å². The summed E-state index contributed by atoms with van der Waals surface area (Å²) in [5.74, 6) is 0. The van der Waals surface area contributed by atoms with Crippen LogP contribution in [0.25, 0.3) is 0 Å². The van der Waals surface area contributed by atoms with E-state index in [2.05, 4.69) is 4.74 Å². The third-order valence-corrected chi connectivity index (χ3v) is 1.09. The Morgan fingerprint density at radius 2 is 2.50 bits per heavy atom. The zero-order valence-electron chi connectivity index (χ0n) is 5.36. The maximum absolute atomic E-state index is 10.6. The lowest BCUT2D eigenvalue weighted by atomic mass is 10.3. The van der Waals surface area contributed by atoms with Gasteiger partial charge in [-0.2, -0.15) is 4.73 Å².